The van der Waals surface area contributed by atoms with Crippen LogP contribution in [0.3, 0.4) is 0 Å². The molecule has 5 heteroatoms. The van der Waals surface area contributed by atoms with Crippen LogP contribution in [0.2, 0.25) is 0 Å². The number of para-hydroxylation sites is 3. The molecule has 4 nitrogen and oxygen atoms in total. The second kappa shape index (κ2) is 11.4. The fraction of sp³-hybridized carbons (Fsp3) is 0.0811. The van der Waals surface area contributed by atoms with Crippen molar-refractivity contribution in [2.24, 2.45) is 0 Å². The number of rotatable bonds is 2. The molecule has 0 amide bonds. The Hall–Kier alpha value is -4.57. The van der Waals surface area contributed by atoms with Crippen molar-refractivity contribution in [3.05, 3.63) is 127 Å². The number of hydrogen-bond acceptors (Lipinski definition) is 4. The van der Waals surface area contributed by atoms with Gasteiger partial charge in [0.2, 0.25) is 0 Å². The first-order valence-electron chi connectivity index (χ1n) is 13.8. The summed E-state index contributed by atoms with van der Waals surface area (Å²) >= 11 is 0. The average Bonchev–Trinajstić information content (AvgIpc) is 3.41. The topological polar surface area (TPSA) is 59.2 Å². The fourth-order valence-corrected chi connectivity index (χ4v) is 5.57. The van der Waals surface area contributed by atoms with Crippen LogP contribution >= 0.6 is 0 Å². The van der Waals surface area contributed by atoms with E-state index in [2.05, 4.69) is 85.6 Å². The van der Waals surface area contributed by atoms with Gasteiger partial charge in [-0.25, -0.2) is 0 Å². The van der Waals surface area contributed by atoms with Crippen LogP contribution in [0.4, 0.5) is 0 Å². The van der Waals surface area contributed by atoms with E-state index < -0.39 is 0 Å². The summed E-state index contributed by atoms with van der Waals surface area (Å²) in [5.41, 5.74) is 6.49. The molecule has 1 N–H and O–H groups in total. The molecule has 207 valence electrons. The molecular weight excluding hydrogens is 697 g/mol. The molecule has 3 aromatic heterocycles. The van der Waals surface area contributed by atoms with Crippen LogP contribution in [0.5, 0.6) is 5.75 Å². The van der Waals surface area contributed by atoms with Gasteiger partial charge in [0.25, 0.3) is 0 Å². The van der Waals surface area contributed by atoms with E-state index in [0.29, 0.717) is 11.4 Å². The Morgan fingerprint density at radius 1 is 0.762 bits per heavy atom. The second-order valence-corrected chi connectivity index (χ2v) is 10.5. The Bertz CT molecular complexity index is 2210. The van der Waals surface area contributed by atoms with Crippen molar-refractivity contribution >= 4 is 54.5 Å². The predicted octanol–water partition coefficient (Wildman–Crippen LogP) is 9.82. The summed E-state index contributed by atoms with van der Waals surface area (Å²) in [5, 5.41) is 16.0. The minimum absolute atomic E-state index is 0. The van der Waals surface area contributed by atoms with Crippen LogP contribution in [0.1, 0.15) is 25.3 Å². The predicted molar refractivity (Wildman–Crippen MR) is 168 cm³/mol. The molecule has 1 radical (unpaired) electrons. The molecule has 0 aliphatic carbocycles. The smallest absolute Gasteiger partial charge is 0.141 e. The SMILES string of the molecule is CC(C)c1cc(-c2nc3ccccc3c3c2oc2ccccc23)[c-]c2ccccc12.Oc1cccc2cccnc12.[Ir]. The molecule has 8 rings (SSSR count). The quantitative estimate of drug-likeness (QED) is 0.181. The van der Waals surface area contributed by atoms with Crippen LogP contribution in [-0.2, 0) is 20.1 Å². The zero-order valence-electron chi connectivity index (χ0n) is 23.1. The summed E-state index contributed by atoms with van der Waals surface area (Å²) in [6, 6.07) is 40.0. The number of phenolic OH excluding ortho intramolecular Hbond substituents is 1. The maximum Gasteiger partial charge on any atom is 0.141 e. The number of phenols is 1. The van der Waals surface area contributed by atoms with Crippen molar-refractivity contribution < 1.29 is 29.6 Å². The second-order valence-electron chi connectivity index (χ2n) is 10.5. The first kappa shape index (κ1) is 27.6. The Labute approximate surface area is 257 Å². The maximum atomic E-state index is 9.31. The number of hydrogen-bond donors (Lipinski definition) is 1. The van der Waals surface area contributed by atoms with E-state index in [-0.39, 0.29) is 25.9 Å². The molecule has 0 bridgehead atoms. The van der Waals surface area contributed by atoms with Crippen molar-refractivity contribution in [1.29, 1.82) is 0 Å². The molecule has 8 aromatic rings. The third kappa shape index (κ3) is 4.81. The zero-order chi connectivity index (χ0) is 27.9. The Morgan fingerprint density at radius 2 is 1.48 bits per heavy atom. The molecule has 0 saturated heterocycles. The van der Waals surface area contributed by atoms with E-state index in [1.807, 2.05) is 36.4 Å². The number of aromatic nitrogens is 2. The van der Waals surface area contributed by atoms with Gasteiger partial charge in [-0.1, -0.05) is 97.6 Å². The fourth-order valence-electron chi connectivity index (χ4n) is 5.57. The number of aromatic hydroxyl groups is 1. The van der Waals surface area contributed by atoms with Crippen molar-refractivity contribution in [1.82, 2.24) is 9.97 Å². The number of furan rings is 1. The first-order chi connectivity index (χ1) is 20.1. The standard InChI is InChI=1S/C28H20NO.C9H7NO.Ir/c1-17(2)23-16-19(15-18-9-3-4-10-20(18)23)27-28-26(21-11-5-7-13-24(21)29-27)22-12-6-8-14-25(22)30-28;11-8-5-1-3-7-4-2-6-10-9(7)8;/h3-14,16-17H,1-2H3;1-6,11H;/q-1;;. The molecular formula is C37H27IrN2O2-. The van der Waals surface area contributed by atoms with E-state index in [1.165, 1.54) is 10.9 Å². The largest absolute Gasteiger partial charge is 0.506 e. The van der Waals surface area contributed by atoms with Gasteiger partial charge in [-0.2, -0.15) is 0 Å². The van der Waals surface area contributed by atoms with Gasteiger partial charge in [0.05, 0.1) is 5.52 Å². The molecule has 0 aliphatic rings. The van der Waals surface area contributed by atoms with Crippen LogP contribution in [0, 0.1) is 6.07 Å². The Morgan fingerprint density at radius 3 is 2.29 bits per heavy atom. The molecule has 0 spiro atoms. The molecule has 0 saturated carbocycles. The number of fused-ring (bicyclic) bond motifs is 7. The van der Waals surface area contributed by atoms with Gasteiger partial charge in [-0.15, -0.1) is 29.1 Å². The molecule has 5 aromatic carbocycles. The first-order valence-corrected chi connectivity index (χ1v) is 13.8. The van der Waals surface area contributed by atoms with Crippen molar-refractivity contribution in [2.45, 2.75) is 19.8 Å². The van der Waals surface area contributed by atoms with Crippen molar-refractivity contribution in [3.8, 4) is 17.0 Å². The summed E-state index contributed by atoms with van der Waals surface area (Å²) in [5.74, 6) is 0.637. The Kier molecular flexibility index (Phi) is 7.47. The van der Waals surface area contributed by atoms with Crippen molar-refractivity contribution in [3.63, 3.8) is 0 Å². The number of benzene rings is 5. The van der Waals surface area contributed by atoms with Gasteiger partial charge in [-0.3, -0.25) is 9.97 Å². The average molecular weight is 724 g/mol. The molecule has 3 heterocycles. The zero-order valence-corrected chi connectivity index (χ0v) is 25.5. The van der Waals surface area contributed by atoms with Gasteiger partial charge < -0.3 is 9.52 Å². The van der Waals surface area contributed by atoms with E-state index in [4.69, 9.17) is 9.40 Å². The third-order valence-electron chi connectivity index (χ3n) is 7.51. The van der Waals surface area contributed by atoms with Crippen LogP contribution in [0.15, 0.2) is 120 Å². The Balaban J connectivity index is 0.000000222. The number of pyridine rings is 2. The van der Waals surface area contributed by atoms with Crippen LogP contribution in [0.25, 0.3) is 65.8 Å². The van der Waals surface area contributed by atoms with Crippen molar-refractivity contribution in [2.75, 3.05) is 0 Å². The van der Waals surface area contributed by atoms with Crippen LogP contribution < -0.4 is 0 Å². The monoisotopic (exact) mass is 724 g/mol. The summed E-state index contributed by atoms with van der Waals surface area (Å²) in [6.45, 7) is 4.46. The van der Waals surface area contributed by atoms with Crippen LogP contribution in [-0.4, -0.2) is 15.1 Å². The summed E-state index contributed by atoms with van der Waals surface area (Å²) < 4.78 is 6.38. The molecule has 0 aliphatic heterocycles. The normalized spacial score (nSPS) is 11.2. The van der Waals surface area contributed by atoms with Gasteiger partial charge in [0.1, 0.15) is 22.4 Å². The van der Waals surface area contributed by atoms with Gasteiger partial charge >= 0.3 is 0 Å². The van der Waals surface area contributed by atoms with Gasteiger partial charge in [0, 0.05) is 53.5 Å². The molecule has 0 fully saturated rings. The van der Waals surface area contributed by atoms with E-state index in [9.17, 15) is 5.11 Å². The maximum absolute atomic E-state index is 9.31. The minimum Gasteiger partial charge on any atom is -0.506 e. The molecule has 0 unspecified atom stereocenters. The summed E-state index contributed by atoms with van der Waals surface area (Å²) in [4.78, 5) is 9.08. The summed E-state index contributed by atoms with van der Waals surface area (Å²) in [6.07, 6.45) is 1.67. The minimum atomic E-state index is 0. The number of nitrogens with zero attached hydrogens (tertiary/aromatic N) is 2. The van der Waals surface area contributed by atoms with Gasteiger partial charge in [-0.05, 0) is 30.2 Å². The summed E-state index contributed by atoms with van der Waals surface area (Å²) in [7, 11) is 0. The van der Waals surface area contributed by atoms with E-state index >= 15 is 0 Å². The van der Waals surface area contributed by atoms with Gasteiger partial charge in [0.15, 0.2) is 0 Å². The van der Waals surface area contributed by atoms with E-state index in [0.717, 1.165) is 54.9 Å². The van der Waals surface area contributed by atoms with E-state index in [1.54, 1.807) is 18.3 Å². The third-order valence-corrected chi connectivity index (χ3v) is 7.51. The molecule has 0 atom stereocenters. The molecule has 42 heavy (non-hydrogen) atoms.